The number of hydrogen-bond acceptors (Lipinski definition) is 3. The van der Waals surface area contributed by atoms with E-state index >= 15 is 0 Å². The molecule has 3 heteroatoms. The van der Waals surface area contributed by atoms with E-state index in [-0.39, 0.29) is 12.1 Å². The smallest absolute Gasteiger partial charge is 0.119 e. The second kappa shape index (κ2) is 6.37. The fourth-order valence-corrected chi connectivity index (χ4v) is 3.49. The van der Waals surface area contributed by atoms with Crippen molar-refractivity contribution in [1.29, 1.82) is 0 Å². The van der Waals surface area contributed by atoms with E-state index in [9.17, 15) is 0 Å². The van der Waals surface area contributed by atoms with E-state index in [4.69, 9.17) is 10.5 Å². The van der Waals surface area contributed by atoms with Crippen molar-refractivity contribution in [2.75, 3.05) is 6.54 Å². The Hall–Kier alpha value is -1.06. The van der Waals surface area contributed by atoms with Crippen molar-refractivity contribution in [3.05, 3.63) is 29.8 Å². The fourth-order valence-electron chi connectivity index (χ4n) is 3.49. The van der Waals surface area contributed by atoms with Crippen molar-refractivity contribution in [2.24, 2.45) is 5.73 Å². The maximum atomic E-state index is 6.51. The third-order valence-electron chi connectivity index (χ3n) is 4.58. The van der Waals surface area contributed by atoms with E-state index in [0.717, 1.165) is 18.2 Å². The van der Waals surface area contributed by atoms with Crippen molar-refractivity contribution in [3.63, 3.8) is 0 Å². The van der Waals surface area contributed by atoms with Crippen LogP contribution < -0.4 is 10.5 Å². The first kappa shape index (κ1) is 14.9. The minimum Gasteiger partial charge on any atom is -0.491 e. The van der Waals surface area contributed by atoms with Gasteiger partial charge in [-0.1, -0.05) is 18.6 Å². The molecule has 0 bridgehead atoms. The SMILES string of the molecule is CC(C)Oc1ccc(C2C(N)CCCCN2C2CC2)cc1. The lowest BCUT2D eigenvalue weighted by Gasteiger charge is -2.34. The summed E-state index contributed by atoms with van der Waals surface area (Å²) in [5.74, 6) is 0.953. The Balaban J connectivity index is 1.80. The molecule has 2 unspecified atom stereocenters. The molecular weight excluding hydrogens is 260 g/mol. The van der Waals surface area contributed by atoms with Crippen molar-refractivity contribution >= 4 is 0 Å². The van der Waals surface area contributed by atoms with Crippen LogP contribution in [0, 0.1) is 0 Å². The number of nitrogens with two attached hydrogens (primary N) is 1. The highest BCUT2D eigenvalue weighted by Crippen LogP contribution is 2.38. The molecule has 2 N–H and O–H groups in total. The van der Waals surface area contributed by atoms with Crippen LogP contribution >= 0.6 is 0 Å². The summed E-state index contributed by atoms with van der Waals surface area (Å²) in [7, 11) is 0. The van der Waals surface area contributed by atoms with E-state index in [1.54, 1.807) is 0 Å². The first-order chi connectivity index (χ1) is 10.1. The van der Waals surface area contributed by atoms with Crippen LogP contribution in [-0.4, -0.2) is 29.6 Å². The maximum Gasteiger partial charge on any atom is 0.119 e. The Labute approximate surface area is 128 Å². The average molecular weight is 288 g/mol. The summed E-state index contributed by atoms with van der Waals surface area (Å²) in [5, 5.41) is 0. The second-order valence-electron chi connectivity index (χ2n) is 6.81. The molecular formula is C18H28N2O. The maximum absolute atomic E-state index is 6.51. The largest absolute Gasteiger partial charge is 0.491 e. The van der Waals surface area contributed by atoms with E-state index in [0.29, 0.717) is 6.04 Å². The summed E-state index contributed by atoms with van der Waals surface area (Å²) in [4.78, 5) is 2.66. The van der Waals surface area contributed by atoms with Crippen molar-refractivity contribution < 1.29 is 4.74 Å². The predicted octanol–water partition coefficient (Wildman–Crippen LogP) is 3.49. The van der Waals surface area contributed by atoms with Gasteiger partial charge in [0.05, 0.1) is 12.1 Å². The zero-order chi connectivity index (χ0) is 14.8. The van der Waals surface area contributed by atoms with Crippen molar-refractivity contribution in [2.45, 2.75) is 70.2 Å². The van der Waals surface area contributed by atoms with Crippen molar-refractivity contribution in [3.8, 4) is 5.75 Å². The summed E-state index contributed by atoms with van der Waals surface area (Å²) in [6.07, 6.45) is 6.59. The highest BCUT2D eigenvalue weighted by Gasteiger charge is 2.38. The normalized spacial score (nSPS) is 27.6. The average Bonchev–Trinajstić information content (AvgIpc) is 3.26. The zero-order valence-corrected chi connectivity index (χ0v) is 13.3. The second-order valence-corrected chi connectivity index (χ2v) is 6.81. The molecule has 0 radical (unpaired) electrons. The van der Waals surface area contributed by atoms with Gasteiger partial charge in [-0.25, -0.2) is 0 Å². The predicted molar refractivity (Wildman–Crippen MR) is 86.5 cm³/mol. The number of likely N-dealkylation sites (tertiary alicyclic amines) is 1. The van der Waals surface area contributed by atoms with Crippen LogP contribution in [-0.2, 0) is 0 Å². The van der Waals surface area contributed by atoms with Gasteiger partial charge in [0, 0.05) is 12.1 Å². The van der Waals surface area contributed by atoms with Crippen LogP contribution in [0.3, 0.4) is 0 Å². The van der Waals surface area contributed by atoms with Crippen LogP contribution in [0.2, 0.25) is 0 Å². The van der Waals surface area contributed by atoms with Gasteiger partial charge in [-0.2, -0.15) is 0 Å². The Morgan fingerprint density at radius 1 is 1.10 bits per heavy atom. The molecule has 2 fully saturated rings. The first-order valence-corrected chi connectivity index (χ1v) is 8.43. The lowest BCUT2D eigenvalue weighted by Crippen LogP contribution is -2.41. The Kier molecular flexibility index (Phi) is 4.51. The topological polar surface area (TPSA) is 38.5 Å². The molecule has 1 aromatic carbocycles. The third-order valence-corrected chi connectivity index (χ3v) is 4.58. The number of rotatable bonds is 4. The summed E-state index contributed by atoms with van der Waals surface area (Å²) >= 11 is 0. The van der Waals surface area contributed by atoms with Crippen LogP contribution in [0.5, 0.6) is 5.75 Å². The Morgan fingerprint density at radius 2 is 1.81 bits per heavy atom. The molecule has 0 amide bonds. The van der Waals surface area contributed by atoms with Crippen LogP contribution in [0.4, 0.5) is 0 Å². The van der Waals surface area contributed by atoms with Crippen LogP contribution in [0.25, 0.3) is 0 Å². The molecule has 3 rings (SSSR count). The van der Waals surface area contributed by atoms with Gasteiger partial charge in [0.1, 0.15) is 5.75 Å². The number of hydrogen-bond donors (Lipinski definition) is 1. The third kappa shape index (κ3) is 3.58. The minimum atomic E-state index is 0.221. The summed E-state index contributed by atoms with van der Waals surface area (Å²) in [6, 6.07) is 10.0. The summed E-state index contributed by atoms with van der Waals surface area (Å²) < 4.78 is 5.75. The molecule has 3 nitrogen and oxygen atoms in total. The Bertz CT molecular complexity index is 453. The molecule has 21 heavy (non-hydrogen) atoms. The first-order valence-electron chi connectivity index (χ1n) is 8.43. The van der Waals surface area contributed by atoms with Crippen LogP contribution in [0.1, 0.15) is 57.6 Å². The lowest BCUT2D eigenvalue weighted by atomic mass is 9.96. The van der Waals surface area contributed by atoms with Gasteiger partial charge in [-0.15, -0.1) is 0 Å². The molecule has 0 spiro atoms. The van der Waals surface area contributed by atoms with Gasteiger partial charge in [0.25, 0.3) is 0 Å². The summed E-state index contributed by atoms with van der Waals surface area (Å²) in [5.41, 5.74) is 7.87. The van der Waals surface area contributed by atoms with Gasteiger partial charge in [-0.05, 0) is 63.8 Å². The molecule has 1 heterocycles. The summed E-state index contributed by atoms with van der Waals surface area (Å²) in [6.45, 7) is 5.32. The van der Waals surface area contributed by atoms with Gasteiger partial charge in [0.15, 0.2) is 0 Å². The fraction of sp³-hybridized carbons (Fsp3) is 0.667. The molecule has 1 aromatic rings. The number of ether oxygens (including phenoxy) is 1. The minimum absolute atomic E-state index is 0.221. The van der Waals surface area contributed by atoms with Crippen molar-refractivity contribution in [1.82, 2.24) is 4.90 Å². The molecule has 2 aliphatic rings. The Morgan fingerprint density at radius 3 is 2.43 bits per heavy atom. The monoisotopic (exact) mass is 288 g/mol. The molecule has 2 atom stereocenters. The van der Waals surface area contributed by atoms with E-state index < -0.39 is 0 Å². The number of benzene rings is 1. The molecule has 1 aliphatic heterocycles. The molecule has 116 valence electrons. The molecule has 1 saturated heterocycles. The number of nitrogens with zero attached hydrogens (tertiary/aromatic N) is 1. The molecule has 1 aliphatic carbocycles. The lowest BCUT2D eigenvalue weighted by molar-refractivity contribution is 0.175. The quantitative estimate of drug-likeness (QED) is 0.921. The highest BCUT2D eigenvalue weighted by atomic mass is 16.5. The van der Waals surface area contributed by atoms with E-state index in [2.05, 4.69) is 43.0 Å². The van der Waals surface area contributed by atoms with Gasteiger partial charge in [0.2, 0.25) is 0 Å². The van der Waals surface area contributed by atoms with Gasteiger partial charge in [-0.3, -0.25) is 4.90 Å². The van der Waals surface area contributed by atoms with E-state index in [1.165, 1.54) is 37.8 Å². The van der Waals surface area contributed by atoms with Crippen LogP contribution in [0.15, 0.2) is 24.3 Å². The van der Waals surface area contributed by atoms with E-state index in [1.807, 2.05) is 0 Å². The standard InChI is InChI=1S/C18H28N2O/c1-13(2)21-16-10-6-14(7-11-16)18-17(19)5-3-4-12-20(18)15-8-9-15/h6-7,10-11,13,15,17-18H,3-5,8-9,12,19H2,1-2H3. The molecule has 1 saturated carbocycles. The molecule has 0 aromatic heterocycles. The highest BCUT2D eigenvalue weighted by molar-refractivity contribution is 5.30. The van der Waals surface area contributed by atoms with Gasteiger partial charge >= 0.3 is 0 Å². The van der Waals surface area contributed by atoms with Gasteiger partial charge < -0.3 is 10.5 Å². The zero-order valence-electron chi connectivity index (χ0n) is 13.3.